The lowest BCUT2D eigenvalue weighted by Gasteiger charge is -2.16. The second kappa shape index (κ2) is 5.60. The van der Waals surface area contributed by atoms with Gasteiger partial charge in [0.2, 0.25) is 0 Å². The summed E-state index contributed by atoms with van der Waals surface area (Å²) in [5.74, 6) is 0.825. The summed E-state index contributed by atoms with van der Waals surface area (Å²) in [5.41, 5.74) is 0.445. The molecular weight excluding hydrogens is 248 g/mol. The zero-order valence-electron chi connectivity index (χ0n) is 10.9. The van der Waals surface area contributed by atoms with E-state index < -0.39 is 4.92 Å². The van der Waals surface area contributed by atoms with Crippen molar-refractivity contribution in [2.45, 2.75) is 18.9 Å². The zero-order valence-corrected chi connectivity index (χ0v) is 10.9. The van der Waals surface area contributed by atoms with E-state index in [0.717, 1.165) is 12.8 Å². The van der Waals surface area contributed by atoms with Crippen LogP contribution in [0.15, 0.2) is 24.3 Å². The highest BCUT2D eigenvalue weighted by molar-refractivity contribution is 5.69. The Morgan fingerprint density at radius 2 is 1.79 bits per heavy atom. The lowest BCUT2D eigenvalue weighted by atomic mass is 10.2. The van der Waals surface area contributed by atoms with E-state index in [4.69, 9.17) is 9.47 Å². The molecule has 1 aliphatic carbocycles. The molecule has 1 aromatic rings. The van der Waals surface area contributed by atoms with Crippen LogP contribution in [0, 0.1) is 10.1 Å². The molecule has 1 aromatic carbocycles. The first-order chi connectivity index (χ1) is 9.15. The minimum atomic E-state index is -0.424. The van der Waals surface area contributed by atoms with Crippen LogP contribution in [0.3, 0.4) is 0 Å². The number of hydrogen-bond donors (Lipinski definition) is 1. The molecule has 0 radical (unpaired) electrons. The molecule has 0 heterocycles. The number of nitrogens with one attached hydrogen (secondary N) is 1. The van der Waals surface area contributed by atoms with Gasteiger partial charge in [-0.1, -0.05) is 12.2 Å². The van der Waals surface area contributed by atoms with Gasteiger partial charge in [0.25, 0.3) is 5.69 Å². The Kier molecular flexibility index (Phi) is 3.89. The molecule has 6 nitrogen and oxygen atoms in total. The molecule has 0 bridgehead atoms. The number of nitro groups is 1. The molecule has 2 rings (SSSR count). The highest BCUT2D eigenvalue weighted by atomic mass is 16.6. The smallest absolute Gasteiger partial charge is 0.296 e. The number of methoxy groups -OCH3 is 2. The van der Waals surface area contributed by atoms with E-state index >= 15 is 0 Å². The van der Waals surface area contributed by atoms with Gasteiger partial charge in [-0.15, -0.1) is 0 Å². The summed E-state index contributed by atoms with van der Waals surface area (Å²) in [4.78, 5) is 10.7. The molecule has 102 valence electrons. The van der Waals surface area contributed by atoms with Crippen molar-refractivity contribution in [1.29, 1.82) is 0 Å². The third-order valence-corrected chi connectivity index (χ3v) is 3.07. The fraction of sp³-hybridized carbons (Fsp3) is 0.385. The number of nitrogens with zero attached hydrogens (tertiary/aromatic N) is 1. The average Bonchev–Trinajstić information content (AvgIpc) is 2.90. The van der Waals surface area contributed by atoms with Crippen LogP contribution in [0.1, 0.15) is 12.8 Å². The predicted octanol–water partition coefficient (Wildman–Crippen LogP) is 2.74. The third-order valence-electron chi connectivity index (χ3n) is 3.07. The first-order valence-corrected chi connectivity index (χ1v) is 5.97. The zero-order chi connectivity index (χ0) is 13.8. The maximum Gasteiger partial charge on any atom is 0.296 e. The van der Waals surface area contributed by atoms with Crippen LogP contribution in [0.4, 0.5) is 11.4 Å². The largest absolute Gasteiger partial charge is 0.493 e. The van der Waals surface area contributed by atoms with Gasteiger partial charge in [0.05, 0.1) is 25.2 Å². The van der Waals surface area contributed by atoms with Gasteiger partial charge in [-0.05, 0) is 12.8 Å². The molecule has 1 aliphatic rings. The SMILES string of the molecule is COc1cc(NC2CC=CC2)c([N+](=O)[O-])cc1OC. The number of hydrogen-bond acceptors (Lipinski definition) is 5. The van der Waals surface area contributed by atoms with Gasteiger partial charge in [-0.2, -0.15) is 0 Å². The Morgan fingerprint density at radius 1 is 1.21 bits per heavy atom. The van der Waals surface area contributed by atoms with Crippen LogP contribution in [0.2, 0.25) is 0 Å². The van der Waals surface area contributed by atoms with Crippen molar-refractivity contribution in [3.8, 4) is 11.5 Å². The molecule has 0 aliphatic heterocycles. The molecule has 0 saturated carbocycles. The molecule has 0 aromatic heterocycles. The molecule has 0 amide bonds. The Hall–Kier alpha value is -2.24. The van der Waals surface area contributed by atoms with Crippen molar-refractivity contribution in [3.63, 3.8) is 0 Å². The Bertz CT molecular complexity index is 506. The lowest BCUT2D eigenvalue weighted by molar-refractivity contribution is -0.384. The van der Waals surface area contributed by atoms with Crippen molar-refractivity contribution >= 4 is 11.4 Å². The number of anilines is 1. The van der Waals surface area contributed by atoms with Crippen LogP contribution < -0.4 is 14.8 Å². The van der Waals surface area contributed by atoms with Gasteiger partial charge < -0.3 is 14.8 Å². The second-order valence-electron chi connectivity index (χ2n) is 4.27. The Morgan fingerprint density at radius 3 is 2.32 bits per heavy atom. The van der Waals surface area contributed by atoms with E-state index in [1.54, 1.807) is 6.07 Å². The molecule has 0 atom stereocenters. The van der Waals surface area contributed by atoms with Gasteiger partial charge >= 0.3 is 0 Å². The van der Waals surface area contributed by atoms with E-state index in [9.17, 15) is 10.1 Å². The second-order valence-corrected chi connectivity index (χ2v) is 4.27. The number of rotatable bonds is 5. The van der Waals surface area contributed by atoms with Crippen LogP contribution in [-0.4, -0.2) is 25.2 Å². The number of ether oxygens (including phenoxy) is 2. The van der Waals surface area contributed by atoms with Crippen molar-refractivity contribution in [2.24, 2.45) is 0 Å². The maximum atomic E-state index is 11.1. The van der Waals surface area contributed by atoms with Crippen molar-refractivity contribution in [3.05, 3.63) is 34.4 Å². The molecule has 19 heavy (non-hydrogen) atoms. The first kappa shape index (κ1) is 13.2. The Balaban J connectivity index is 2.35. The summed E-state index contributed by atoms with van der Waals surface area (Å²) in [6, 6.07) is 3.18. The molecule has 0 unspecified atom stereocenters. The Labute approximate surface area is 111 Å². The average molecular weight is 264 g/mol. The van der Waals surface area contributed by atoms with Gasteiger partial charge in [-0.3, -0.25) is 10.1 Å². The summed E-state index contributed by atoms with van der Waals surface area (Å²) < 4.78 is 10.3. The standard InChI is InChI=1S/C13H16N2O4/c1-18-12-7-10(14-9-5-3-4-6-9)11(15(16)17)8-13(12)19-2/h3-4,7-9,14H,5-6H2,1-2H3. The lowest BCUT2D eigenvalue weighted by Crippen LogP contribution is -2.16. The van der Waals surface area contributed by atoms with E-state index in [-0.39, 0.29) is 11.7 Å². The number of benzene rings is 1. The molecule has 0 spiro atoms. The van der Waals surface area contributed by atoms with Crippen molar-refractivity contribution in [1.82, 2.24) is 0 Å². The van der Waals surface area contributed by atoms with Gasteiger partial charge in [0.15, 0.2) is 11.5 Å². The molecule has 6 heteroatoms. The summed E-state index contributed by atoms with van der Waals surface area (Å²) in [7, 11) is 2.96. The quantitative estimate of drug-likeness (QED) is 0.503. The fourth-order valence-corrected chi connectivity index (χ4v) is 2.09. The van der Waals surface area contributed by atoms with Crippen molar-refractivity contribution < 1.29 is 14.4 Å². The first-order valence-electron chi connectivity index (χ1n) is 5.97. The minimum Gasteiger partial charge on any atom is -0.493 e. The fourth-order valence-electron chi connectivity index (χ4n) is 2.09. The highest BCUT2D eigenvalue weighted by Gasteiger charge is 2.22. The molecule has 1 N–H and O–H groups in total. The minimum absolute atomic E-state index is 0.00968. The summed E-state index contributed by atoms with van der Waals surface area (Å²) in [6.07, 6.45) is 5.85. The monoisotopic (exact) mass is 264 g/mol. The summed E-state index contributed by atoms with van der Waals surface area (Å²) >= 11 is 0. The third kappa shape index (κ3) is 2.78. The maximum absolute atomic E-state index is 11.1. The highest BCUT2D eigenvalue weighted by Crippen LogP contribution is 2.38. The molecule has 0 fully saturated rings. The van der Waals surface area contributed by atoms with E-state index in [0.29, 0.717) is 17.2 Å². The normalized spacial score (nSPS) is 14.4. The summed E-state index contributed by atoms with van der Waals surface area (Å²) in [6.45, 7) is 0. The molecular formula is C13H16N2O4. The topological polar surface area (TPSA) is 73.6 Å². The van der Waals surface area contributed by atoms with Crippen LogP contribution in [0.5, 0.6) is 11.5 Å². The van der Waals surface area contributed by atoms with Crippen molar-refractivity contribution in [2.75, 3.05) is 19.5 Å². The van der Waals surface area contributed by atoms with E-state index in [1.807, 2.05) is 0 Å². The van der Waals surface area contributed by atoms with Gasteiger partial charge in [0, 0.05) is 12.1 Å². The van der Waals surface area contributed by atoms with Gasteiger partial charge in [0.1, 0.15) is 5.69 Å². The van der Waals surface area contributed by atoms with Gasteiger partial charge in [-0.25, -0.2) is 0 Å². The predicted molar refractivity (Wildman–Crippen MR) is 72.0 cm³/mol. The molecule has 0 saturated heterocycles. The van der Waals surface area contributed by atoms with E-state index in [1.165, 1.54) is 20.3 Å². The number of nitro benzene ring substituents is 1. The van der Waals surface area contributed by atoms with Crippen LogP contribution >= 0.6 is 0 Å². The summed E-state index contributed by atoms with van der Waals surface area (Å²) in [5, 5.41) is 14.3. The van der Waals surface area contributed by atoms with Crippen LogP contribution in [0.25, 0.3) is 0 Å². The van der Waals surface area contributed by atoms with E-state index in [2.05, 4.69) is 17.5 Å². The van der Waals surface area contributed by atoms with Crippen LogP contribution in [-0.2, 0) is 0 Å².